The molecule has 1 heterocycles. The molecule has 3 nitrogen and oxygen atoms in total. The largest absolute Gasteiger partial charge is 0.466 e. The molecule has 3 heteroatoms. The predicted octanol–water partition coefficient (Wildman–Crippen LogP) is 2.24. The van der Waals surface area contributed by atoms with E-state index in [2.05, 4.69) is 24.0 Å². The first kappa shape index (κ1) is 12.8. The van der Waals surface area contributed by atoms with Gasteiger partial charge in [0.1, 0.15) is 0 Å². The summed E-state index contributed by atoms with van der Waals surface area (Å²) in [4.78, 5) is 13.9. The summed E-state index contributed by atoms with van der Waals surface area (Å²) < 4.78 is 4.80. The molecule has 18 heavy (non-hydrogen) atoms. The lowest BCUT2D eigenvalue weighted by atomic mass is 10.0. The van der Waals surface area contributed by atoms with Gasteiger partial charge in [0.2, 0.25) is 0 Å². The number of benzene rings is 1. The van der Waals surface area contributed by atoms with E-state index in [-0.39, 0.29) is 5.97 Å². The lowest BCUT2D eigenvalue weighted by Crippen LogP contribution is -2.35. The molecule has 0 aromatic heterocycles. The van der Waals surface area contributed by atoms with Gasteiger partial charge in [0.25, 0.3) is 0 Å². The van der Waals surface area contributed by atoms with Crippen LogP contribution in [0.3, 0.4) is 0 Å². The van der Waals surface area contributed by atoms with Crippen molar-refractivity contribution in [3.05, 3.63) is 47.5 Å². The van der Waals surface area contributed by atoms with E-state index in [1.165, 1.54) is 12.7 Å². The van der Waals surface area contributed by atoms with Gasteiger partial charge in [-0.1, -0.05) is 43.3 Å². The maximum absolute atomic E-state index is 11.6. The standard InChI is InChI=1S/C15H19NO2/c1-12-8-14(15(17)18-2)11-16(9-12)10-13-6-4-3-5-7-13/h3-8,12H,9-11H2,1-2H3. The zero-order valence-electron chi connectivity index (χ0n) is 10.9. The summed E-state index contributed by atoms with van der Waals surface area (Å²) in [7, 11) is 1.43. The molecule has 0 saturated carbocycles. The minimum atomic E-state index is -0.209. The van der Waals surface area contributed by atoms with E-state index < -0.39 is 0 Å². The summed E-state index contributed by atoms with van der Waals surface area (Å²) in [6.45, 7) is 4.65. The van der Waals surface area contributed by atoms with Crippen LogP contribution >= 0.6 is 0 Å². The van der Waals surface area contributed by atoms with Crippen molar-refractivity contribution < 1.29 is 9.53 Å². The normalized spacial score (nSPS) is 20.3. The van der Waals surface area contributed by atoms with Gasteiger partial charge in [0, 0.05) is 25.2 Å². The van der Waals surface area contributed by atoms with E-state index in [0.29, 0.717) is 12.5 Å². The number of carbonyl (C=O) groups is 1. The number of hydrogen-bond donors (Lipinski definition) is 0. The highest BCUT2D eigenvalue weighted by atomic mass is 16.5. The molecule has 0 N–H and O–H groups in total. The van der Waals surface area contributed by atoms with Crippen molar-refractivity contribution in [2.24, 2.45) is 5.92 Å². The molecule has 96 valence electrons. The Morgan fingerprint density at radius 3 is 2.78 bits per heavy atom. The first-order valence-corrected chi connectivity index (χ1v) is 6.24. The molecule has 0 radical (unpaired) electrons. The van der Waals surface area contributed by atoms with Crippen LogP contribution in [0.2, 0.25) is 0 Å². The van der Waals surface area contributed by atoms with Gasteiger partial charge in [-0.05, 0) is 11.5 Å². The number of nitrogens with zero attached hydrogens (tertiary/aromatic N) is 1. The SMILES string of the molecule is COC(=O)C1=CC(C)CN(Cc2ccccc2)C1. The van der Waals surface area contributed by atoms with Crippen LogP contribution in [0.15, 0.2) is 42.0 Å². The van der Waals surface area contributed by atoms with E-state index in [0.717, 1.165) is 18.7 Å². The molecule has 1 aliphatic heterocycles. The Morgan fingerprint density at radius 1 is 1.39 bits per heavy atom. The summed E-state index contributed by atoms with van der Waals surface area (Å²) in [5, 5.41) is 0. The first-order valence-electron chi connectivity index (χ1n) is 6.24. The van der Waals surface area contributed by atoms with Crippen LogP contribution in [0.5, 0.6) is 0 Å². The highest BCUT2D eigenvalue weighted by Crippen LogP contribution is 2.18. The van der Waals surface area contributed by atoms with Crippen LogP contribution in [0.25, 0.3) is 0 Å². The molecule has 1 aromatic rings. The fraction of sp³-hybridized carbons (Fsp3) is 0.400. The van der Waals surface area contributed by atoms with E-state index in [4.69, 9.17) is 4.74 Å². The first-order chi connectivity index (χ1) is 8.69. The molecule has 2 rings (SSSR count). The summed E-state index contributed by atoms with van der Waals surface area (Å²) in [6, 6.07) is 10.3. The van der Waals surface area contributed by atoms with Gasteiger partial charge >= 0.3 is 5.97 Å². The Bertz CT molecular complexity index is 439. The van der Waals surface area contributed by atoms with E-state index in [9.17, 15) is 4.79 Å². The average Bonchev–Trinajstić information content (AvgIpc) is 2.38. The Labute approximate surface area is 108 Å². The van der Waals surface area contributed by atoms with Crippen molar-refractivity contribution in [3.8, 4) is 0 Å². The Kier molecular flexibility index (Phi) is 4.15. The van der Waals surface area contributed by atoms with Crippen molar-refractivity contribution in [2.45, 2.75) is 13.5 Å². The summed E-state index contributed by atoms with van der Waals surface area (Å²) in [6.07, 6.45) is 2.02. The van der Waals surface area contributed by atoms with E-state index in [1.807, 2.05) is 24.3 Å². The van der Waals surface area contributed by atoms with Gasteiger partial charge in [0.05, 0.1) is 7.11 Å². The van der Waals surface area contributed by atoms with Crippen LogP contribution in [0.4, 0.5) is 0 Å². The lowest BCUT2D eigenvalue weighted by Gasteiger charge is -2.29. The van der Waals surface area contributed by atoms with Crippen molar-refractivity contribution >= 4 is 5.97 Å². The fourth-order valence-electron chi connectivity index (χ4n) is 2.39. The fourth-order valence-corrected chi connectivity index (χ4v) is 2.39. The molecule has 0 aliphatic carbocycles. The Morgan fingerprint density at radius 2 is 2.11 bits per heavy atom. The second-order valence-electron chi connectivity index (χ2n) is 4.82. The molecular weight excluding hydrogens is 226 g/mol. The average molecular weight is 245 g/mol. The third kappa shape index (κ3) is 3.20. The monoisotopic (exact) mass is 245 g/mol. The molecule has 1 unspecified atom stereocenters. The number of rotatable bonds is 3. The molecular formula is C15H19NO2. The van der Waals surface area contributed by atoms with Crippen molar-refractivity contribution in [1.29, 1.82) is 0 Å². The van der Waals surface area contributed by atoms with Crippen molar-refractivity contribution in [3.63, 3.8) is 0 Å². The van der Waals surface area contributed by atoms with Crippen LogP contribution in [-0.4, -0.2) is 31.1 Å². The predicted molar refractivity (Wildman–Crippen MR) is 71.0 cm³/mol. The van der Waals surface area contributed by atoms with E-state index in [1.54, 1.807) is 0 Å². The zero-order chi connectivity index (χ0) is 13.0. The molecule has 1 atom stereocenters. The van der Waals surface area contributed by atoms with Crippen LogP contribution in [-0.2, 0) is 16.1 Å². The van der Waals surface area contributed by atoms with E-state index >= 15 is 0 Å². The summed E-state index contributed by atoms with van der Waals surface area (Å²) in [5.41, 5.74) is 2.04. The van der Waals surface area contributed by atoms with Crippen LogP contribution < -0.4 is 0 Å². The van der Waals surface area contributed by atoms with Gasteiger partial charge in [-0.25, -0.2) is 4.79 Å². The number of ether oxygens (including phenoxy) is 1. The maximum Gasteiger partial charge on any atom is 0.334 e. The highest BCUT2D eigenvalue weighted by Gasteiger charge is 2.22. The molecule has 0 amide bonds. The van der Waals surface area contributed by atoms with Crippen LogP contribution in [0, 0.1) is 5.92 Å². The maximum atomic E-state index is 11.6. The van der Waals surface area contributed by atoms with Gasteiger partial charge < -0.3 is 4.74 Å². The molecule has 0 bridgehead atoms. The molecule has 0 fully saturated rings. The zero-order valence-corrected chi connectivity index (χ0v) is 10.9. The van der Waals surface area contributed by atoms with Gasteiger partial charge in [-0.15, -0.1) is 0 Å². The number of methoxy groups -OCH3 is 1. The second-order valence-corrected chi connectivity index (χ2v) is 4.82. The number of carbonyl (C=O) groups excluding carboxylic acids is 1. The summed E-state index contributed by atoms with van der Waals surface area (Å²) >= 11 is 0. The lowest BCUT2D eigenvalue weighted by molar-refractivity contribution is -0.136. The quantitative estimate of drug-likeness (QED) is 0.765. The van der Waals surface area contributed by atoms with Crippen molar-refractivity contribution in [1.82, 2.24) is 4.90 Å². The number of esters is 1. The minimum absolute atomic E-state index is 0.209. The Balaban J connectivity index is 2.04. The summed E-state index contributed by atoms with van der Waals surface area (Å²) in [5.74, 6) is 0.177. The Hall–Kier alpha value is -1.61. The van der Waals surface area contributed by atoms with Gasteiger partial charge in [-0.2, -0.15) is 0 Å². The van der Waals surface area contributed by atoms with Crippen molar-refractivity contribution in [2.75, 3.05) is 20.2 Å². The molecule has 1 aliphatic rings. The van der Waals surface area contributed by atoms with Gasteiger partial charge in [-0.3, -0.25) is 4.90 Å². The third-order valence-electron chi connectivity index (χ3n) is 3.12. The third-order valence-corrected chi connectivity index (χ3v) is 3.12. The number of hydrogen-bond acceptors (Lipinski definition) is 3. The minimum Gasteiger partial charge on any atom is -0.466 e. The van der Waals surface area contributed by atoms with Gasteiger partial charge in [0.15, 0.2) is 0 Å². The second kappa shape index (κ2) is 5.83. The molecule has 0 saturated heterocycles. The topological polar surface area (TPSA) is 29.5 Å². The van der Waals surface area contributed by atoms with Crippen LogP contribution in [0.1, 0.15) is 12.5 Å². The smallest absolute Gasteiger partial charge is 0.334 e. The highest BCUT2D eigenvalue weighted by molar-refractivity contribution is 5.89. The molecule has 0 spiro atoms. The molecule has 1 aromatic carbocycles.